The van der Waals surface area contributed by atoms with E-state index in [9.17, 15) is 0 Å². The molecule has 0 spiro atoms. The van der Waals surface area contributed by atoms with Crippen molar-refractivity contribution in [1.82, 2.24) is 9.78 Å². The van der Waals surface area contributed by atoms with Crippen molar-refractivity contribution in [2.24, 2.45) is 0 Å². The maximum atomic E-state index is 5.79. The van der Waals surface area contributed by atoms with E-state index in [1.54, 1.807) is 4.68 Å². The van der Waals surface area contributed by atoms with Crippen LogP contribution in [0.2, 0.25) is 0 Å². The lowest BCUT2D eigenvalue weighted by Crippen LogP contribution is -2.02. The normalized spacial score (nSPS) is 12.2. The van der Waals surface area contributed by atoms with Crippen molar-refractivity contribution in [2.75, 3.05) is 0 Å². The van der Waals surface area contributed by atoms with Crippen LogP contribution in [-0.4, -0.2) is 9.78 Å². The van der Waals surface area contributed by atoms with Gasteiger partial charge in [-0.2, -0.15) is 5.10 Å². The summed E-state index contributed by atoms with van der Waals surface area (Å²) in [5.41, 5.74) is 3.36. The molecule has 0 saturated heterocycles. The minimum Gasteiger partial charge on any atom is -0.263 e. The van der Waals surface area contributed by atoms with Crippen molar-refractivity contribution in [2.45, 2.75) is 20.4 Å². The summed E-state index contributed by atoms with van der Waals surface area (Å²) in [4.78, 5) is 0. The highest BCUT2D eigenvalue weighted by Gasteiger charge is 2.08. The Morgan fingerprint density at radius 1 is 1.62 bits per heavy atom. The molecule has 5 heteroatoms. The van der Waals surface area contributed by atoms with Crippen molar-refractivity contribution in [3.05, 3.63) is 26.4 Å². The van der Waals surface area contributed by atoms with Gasteiger partial charge in [-0.15, -0.1) is 0 Å². The SMILES string of the molecule is Cc1nn(CC(Cl)=CCl)c(C)c1Br. The molecule has 0 aliphatic carbocycles. The van der Waals surface area contributed by atoms with Crippen LogP contribution in [0.1, 0.15) is 11.4 Å². The molecule has 1 rings (SSSR count). The first kappa shape index (κ1) is 11.1. The summed E-state index contributed by atoms with van der Waals surface area (Å²) in [7, 11) is 0. The molecule has 0 atom stereocenters. The van der Waals surface area contributed by atoms with Gasteiger partial charge in [0.1, 0.15) is 0 Å². The second kappa shape index (κ2) is 4.49. The van der Waals surface area contributed by atoms with E-state index in [4.69, 9.17) is 23.2 Å². The Bertz CT molecular complexity index is 344. The maximum absolute atomic E-state index is 5.79. The van der Waals surface area contributed by atoms with Gasteiger partial charge < -0.3 is 0 Å². The average Bonchev–Trinajstić information content (AvgIpc) is 2.34. The molecule has 0 fully saturated rings. The Balaban J connectivity index is 2.96. The number of hydrogen-bond donors (Lipinski definition) is 0. The molecular weight excluding hydrogens is 275 g/mol. The number of aryl methyl sites for hydroxylation is 1. The van der Waals surface area contributed by atoms with E-state index >= 15 is 0 Å². The molecule has 0 aliphatic heterocycles. The summed E-state index contributed by atoms with van der Waals surface area (Å²) in [5.74, 6) is 0. The van der Waals surface area contributed by atoms with Crippen LogP contribution in [-0.2, 0) is 6.54 Å². The molecule has 0 amide bonds. The van der Waals surface area contributed by atoms with Gasteiger partial charge in [0.2, 0.25) is 0 Å². The van der Waals surface area contributed by atoms with E-state index in [2.05, 4.69) is 21.0 Å². The number of rotatable bonds is 2. The average molecular weight is 284 g/mol. The van der Waals surface area contributed by atoms with Gasteiger partial charge in [0, 0.05) is 5.54 Å². The second-order valence-electron chi connectivity index (χ2n) is 2.70. The Labute approximate surface area is 95.6 Å². The topological polar surface area (TPSA) is 17.8 Å². The molecule has 13 heavy (non-hydrogen) atoms. The van der Waals surface area contributed by atoms with E-state index < -0.39 is 0 Å². The summed E-state index contributed by atoms with van der Waals surface area (Å²) >= 11 is 14.7. The Morgan fingerprint density at radius 2 is 2.23 bits per heavy atom. The van der Waals surface area contributed by atoms with Crippen molar-refractivity contribution in [3.63, 3.8) is 0 Å². The van der Waals surface area contributed by atoms with Gasteiger partial charge in [-0.1, -0.05) is 23.2 Å². The van der Waals surface area contributed by atoms with Crippen LogP contribution in [0, 0.1) is 13.8 Å². The molecule has 0 aliphatic rings. The highest BCUT2D eigenvalue weighted by Crippen LogP contribution is 2.21. The molecule has 0 unspecified atom stereocenters. The Hall–Kier alpha value is 0.01000. The lowest BCUT2D eigenvalue weighted by molar-refractivity contribution is 0.666. The number of nitrogens with zero attached hydrogens (tertiary/aromatic N) is 2. The summed E-state index contributed by atoms with van der Waals surface area (Å²) in [6, 6.07) is 0. The summed E-state index contributed by atoms with van der Waals surface area (Å²) in [6.45, 7) is 4.43. The minimum atomic E-state index is 0.517. The van der Waals surface area contributed by atoms with E-state index in [1.165, 1.54) is 5.54 Å². The molecule has 0 radical (unpaired) electrons. The molecule has 1 aromatic heterocycles. The summed E-state index contributed by atoms with van der Waals surface area (Å²) in [6.07, 6.45) is 0. The number of hydrogen-bond acceptors (Lipinski definition) is 1. The second-order valence-corrected chi connectivity index (χ2v) is 4.20. The zero-order valence-electron chi connectivity index (χ0n) is 7.31. The first-order valence-electron chi connectivity index (χ1n) is 3.70. The van der Waals surface area contributed by atoms with E-state index in [0.717, 1.165) is 15.9 Å². The van der Waals surface area contributed by atoms with Crippen LogP contribution < -0.4 is 0 Å². The third-order valence-corrected chi connectivity index (χ3v) is 3.46. The molecular formula is C8H9BrCl2N2. The van der Waals surface area contributed by atoms with Crippen LogP contribution in [0.4, 0.5) is 0 Å². The number of allylic oxidation sites excluding steroid dienone is 1. The van der Waals surface area contributed by atoms with Gasteiger partial charge in [-0.3, -0.25) is 4.68 Å². The Morgan fingerprint density at radius 3 is 2.62 bits per heavy atom. The van der Waals surface area contributed by atoms with E-state index in [-0.39, 0.29) is 0 Å². The number of halogens is 3. The molecule has 2 nitrogen and oxygen atoms in total. The lowest BCUT2D eigenvalue weighted by Gasteiger charge is -2.01. The van der Waals surface area contributed by atoms with Crippen LogP contribution in [0.3, 0.4) is 0 Å². The van der Waals surface area contributed by atoms with Gasteiger partial charge in [-0.25, -0.2) is 0 Å². The zero-order valence-corrected chi connectivity index (χ0v) is 10.4. The minimum absolute atomic E-state index is 0.517. The molecule has 1 heterocycles. The van der Waals surface area contributed by atoms with Crippen LogP contribution in [0.5, 0.6) is 0 Å². The van der Waals surface area contributed by atoms with Gasteiger partial charge in [0.15, 0.2) is 0 Å². The van der Waals surface area contributed by atoms with Crippen molar-refractivity contribution >= 4 is 39.1 Å². The Kier molecular flexibility index (Phi) is 3.83. The van der Waals surface area contributed by atoms with Gasteiger partial charge >= 0.3 is 0 Å². The molecule has 0 saturated carbocycles. The lowest BCUT2D eigenvalue weighted by atomic mass is 10.4. The third-order valence-electron chi connectivity index (χ3n) is 1.71. The smallest absolute Gasteiger partial charge is 0.0778 e. The van der Waals surface area contributed by atoms with E-state index in [1.807, 2.05) is 13.8 Å². The summed E-state index contributed by atoms with van der Waals surface area (Å²) < 4.78 is 2.83. The third kappa shape index (κ3) is 2.48. The van der Waals surface area contributed by atoms with Crippen molar-refractivity contribution in [1.29, 1.82) is 0 Å². The molecule has 0 N–H and O–H groups in total. The fraction of sp³-hybridized carbons (Fsp3) is 0.375. The van der Waals surface area contributed by atoms with Crippen LogP contribution in [0.25, 0.3) is 0 Å². The summed E-state index contributed by atoms with van der Waals surface area (Å²) in [5, 5.41) is 4.85. The highest BCUT2D eigenvalue weighted by molar-refractivity contribution is 9.10. The predicted molar refractivity (Wildman–Crippen MR) is 59.2 cm³/mol. The predicted octanol–water partition coefficient (Wildman–Crippen LogP) is 3.58. The maximum Gasteiger partial charge on any atom is 0.0778 e. The first-order chi connectivity index (χ1) is 6.06. The standard InChI is InChI=1S/C8H9BrCl2N2/c1-5-8(9)6(2)13(12-5)4-7(11)3-10/h3H,4H2,1-2H3. The molecule has 1 aromatic rings. The van der Waals surface area contributed by atoms with Gasteiger partial charge in [0.05, 0.1) is 27.4 Å². The molecule has 0 aromatic carbocycles. The zero-order chi connectivity index (χ0) is 10.0. The molecule has 0 bridgehead atoms. The molecule has 72 valence electrons. The van der Waals surface area contributed by atoms with Crippen LogP contribution >= 0.6 is 39.1 Å². The monoisotopic (exact) mass is 282 g/mol. The van der Waals surface area contributed by atoms with Crippen molar-refractivity contribution in [3.8, 4) is 0 Å². The van der Waals surface area contributed by atoms with Crippen LogP contribution in [0.15, 0.2) is 15.0 Å². The number of aromatic nitrogens is 2. The first-order valence-corrected chi connectivity index (χ1v) is 5.31. The van der Waals surface area contributed by atoms with Crippen molar-refractivity contribution < 1.29 is 0 Å². The fourth-order valence-electron chi connectivity index (χ4n) is 1.01. The van der Waals surface area contributed by atoms with Gasteiger partial charge in [-0.05, 0) is 29.8 Å². The largest absolute Gasteiger partial charge is 0.263 e. The highest BCUT2D eigenvalue weighted by atomic mass is 79.9. The fourth-order valence-corrected chi connectivity index (χ4v) is 1.47. The van der Waals surface area contributed by atoms with Gasteiger partial charge in [0.25, 0.3) is 0 Å². The van der Waals surface area contributed by atoms with E-state index in [0.29, 0.717) is 11.6 Å². The quantitative estimate of drug-likeness (QED) is 0.811.